The largest absolute Gasteiger partial charge is 0.421 e. The van der Waals surface area contributed by atoms with E-state index in [9.17, 15) is 27.6 Å². The van der Waals surface area contributed by atoms with Gasteiger partial charge in [-0.1, -0.05) is 16.9 Å². The predicted molar refractivity (Wildman–Crippen MR) is 77.9 cm³/mol. The molecule has 3 rings (SSSR count). The van der Waals surface area contributed by atoms with Crippen LogP contribution in [-0.2, 0) is 9.84 Å². The van der Waals surface area contributed by atoms with Gasteiger partial charge in [0.1, 0.15) is 5.82 Å². The summed E-state index contributed by atoms with van der Waals surface area (Å²) in [5.41, 5.74) is -2.48. The Kier molecular flexibility index (Phi) is 3.29. The lowest BCUT2D eigenvalue weighted by atomic mass is 10.2. The number of para-hydroxylation sites is 1. The number of benzene rings is 2. The first kappa shape index (κ1) is 15.0. The number of fused-ring (bicyclic) bond motifs is 1. The molecule has 3 aromatic rings. The second-order valence-corrected chi connectivity index (χ2v) is 6.60. The Morgan fingerprint density at radius 2 is 1.78 bits per heavy atom. The summed E-state index contributed by atoms with van der Waals surface area (Å²) in [6.45, 7) is 0. The molecule has 118 valence electrons. The Morgan fingerprint density at radius 1 is 1.09 bits per heavy atom. The number of aromatic nitrogens is 2. The number of sulfone groups is 1. The lowest BCUT2D eigenvalue weighted by Gasteiger charge is -2.08. The van der Waals surface area contributed by atoms with Crippen molar-refractivity contribution < 1.29 is 18.0 Å². The molecule has 0 saturated heterocycles. The molecule has 0 bridgehead atoms. The minimum absolute atomic E-state index is 0.152. The second kappa shape index (κ2) is 5.06. The quantitative estimate of drug-likeness (QED) is 0.676. The zero-order chi connectivity index (χ0) is 16.8. The molecule has 1 aromatic heterocycles. The molecule has 0 aliphatic heterocycles. The van der Waals surface area contributed by atoms with Crippen LogP contribution in [-0.4, -0.2) is 23.3 Å². The molecule has 0 amide bonds. The summed E-state index contributed by atoms with van der Waals surface area (Å²) in [5, 5.41) is 9.12. The van der Waals surface area contributed by atoms with Crippen LogP contribution < -0.4 is 11.2 Å². The van der Waals surface area contributed by atoms with Gasteiger partial charge in [-0.15, -0.1) is 0 Å². The lowest BCUT2D eigenvalue weighted by Crippen LogP contribution is -2.33. The van der Waals surface area contributed by atoms with Gasteiger partial charge in [0.25, 0.3) is 5.56 Å². The number of aromatic amines is 1. The van der Waals surface area contributed by atoms with Gasteiger partial charge < -0.3 is 10.2 Å². The zero-order valence-electron chi connectivity index (χ0n) is 11.4. The maximum absolute atomic E-state index is 13.3. The van der Waals surface area contributed by atoms with Crippen LogP contribution in [0.15, 0.2) is 61.8 Å². The van der Waals surface area contributed by atoms with Crippen molar-refractivity contribution in [1.29, 1.82) is 0 Å². The van der Waals surface area contributed by atoms with Gasteiger partial charge in [0, 0.05) is 0 Å². The molecule has 2 aromatic carbocycles. The van der Waals surface area contributed by atoms with E-state index >= 15 is 0 Å². The van der Waals surface area contributed by atoms with Crippen molar-refractivity contribution in [3.05, 3.63) is 69.1 Å². The number of hydrogen-bond acceptors (Lipinski definition) is 5. The highest BCUT2D eigenvalue weighted by Gasteiger charge is 2.23. The Morgan fingerprint density at radius 3 is 2.48 bits per heavy atom. The van der Waals surface area contributed by atoms with E-state index in [1.165, 1.54) is 30.3 Å². The van der Waals surface area contributed by atoms with Crippen LogP contribution in [0.5, 0.6) is 0 Å². The summed E-state index contributed by atoms with van der Waals surface area (Å²) in [6.07, 6.45) is 0. The molecule has 1 heterocycles. The highest BCUT2D eigenvalue weighted by Crippen LogP contribution is 2.25. The van der Waals surface area contributed by atoms with Crippen LogP contribution in [0.25, 0.3) is 10.9 Å². The Hall–Kier alpha value is -2.94. The third kappa shape index (κ3) is 2.30. The molecule has 0 atom stereocenters. The molecule has 0 saturated carbocycles. The normalized spacial score (nSPS) is 11.7. The van der Waals surface area contributed by atoms with Gasteiger partial charge in [-0.25, -0.2) is 17.6 Å². The Labute approximate surface area is 128 Å². The van der Waals surface area contributed by atoms with Crippen LogP contribution in [0.3, 0.4) is 0 Å². The summed E-state index contributed by atoms with van der Waals surface area (Å²) in [7, 11) is -4.17. The molecule has 7 nitrogen and oxygen atoms in total. The molecule has 0 fully saturated rings. The standard InChI is InChI=1S/C14H9FN2O5S/c15-8-3-1-4-9(7-8)23(21,22)11-6-2-5-10-12(11)16-14(19)17(20)13(10)18/h1-7,20H,(H,16,19). The average molecular weight is 336 g/mol. The van der Waals surface area contributed by atoms with Crippen molar-refractivity contribution in [2.24, 2.45) is 0 Å². The van der Waals surface area contributed by atoms with Crippen molar-refractivity contribution in [3.63, 3.8) is 0 Å². The predicted octanol–water partition coefficient (Wildman–Crippen LogP) is 0.899. The molecule has 0 aliphatic carbocycles. The number of halogens is 1. The third-order valence-electron chi connectivity index (χ3n) is 3.27. The second-order valence-electron chi connectivity index (χ2n) is 4.69. The molecule has 2 N–H and O–H groups in total. The summed E-state index contributed by atoms with van der Waals surface area (Å²) in [6, 6.07) is 8.08. The molecule has 0 radical (unpaired) electrons. The van der Waals surface area contributed by atoms with Crippen LogP contribution >= 0.6 is 0 Å². The molecule has 0 aliphatic rings. The topological polar surface area (TPSA) is 109 Å². The summed E-state index contributed by atoms with van der Waals surface area (Å²) in [4.78, 5) is 24.8. The van der Waals surface area contributed by atoms with Crippen LogP contribution in [0.1, 0.15) is 0 Å². The smallest absolute Gasteiger partial charge is 0.362 e. The minimum Gasteiger partial charge on any atom is -0.421 e. The maximum atomic E-state index is 13.3. The van der Waals surface area contributed by atoms with E-state index in [-0.39, 0.29) is 25.4 Å². The van der Waals surface area contributed by atoms with Crippen molar-refractivity contribution in [2.45, 2.75) is 9.79 Å². The van der Waals surface area contributed by atoms with Crippen molar-refractivity contribution >= 4 is 20.7 Å². The third-order valence-corrected chi connectivity index (χ3v) is 5.06. The fourth-order valence-electron chi connectivity index (χ4n) is 2.19. The van der Waals surface area contributed by atoms with Crippen LogP contribution in [0, 0.1) is 5.82 Å². The fourth-order valence-corrected chi connectivity index (χ4v) is 3.66. The van der Waals surface area contributed by atoms with Gasteiger partial charge in [0.05, 0.1) is 20.7 Å². The van der Waals surface area contributed by atoms with Gasteiger partial charge in [-0.2, -0.15) is 0 Å². The first-order chi connectivity index (χ1) is 10.8. The van der Waals surface area contributed by atoms with E-state index < -0.39 is 26.9 Å². The highest BCUT2D eigenvalue weighted by atomic mass is 32.2. The molecule has 9 heteroatoms. The highest BCUT2D eigenvalue weighted by molar-refractivity contribution is 7.91. The Balaban J connectivity index is 2.42. The maximum Gasteiger partial charge on any atom is 0.362 e. The number of H-pyrrole nitrogens is 1. The first-order valence-corrected chi connectivity index (χ1v) is 7.78. The van der Waals surface area contributed by atoms with Crippen molar-refractivity contribution in [2.75, 3.05) is 0 Å². The minimum atomic E-state index is -4.17. The number of nitrogens with zero attached hydrogens (tertiary/aromatic N) is 1. The van der Waals surface area contributed by atoms with E-state index in [2.05, 4.69) is 4.98 Å². The first-order valence-electron chi connectivity index (χ1n) is 6.30. The summed E-state index contributed by atoms with van der Waals surface area (Å²) >= 11 is 0. The van der Waals surface area contributed by atoms with Gasteiger partial charge >= 0.3 is 5.69 Å². The van der Waals surface area contributed by atoms with Gasteiger partial charge in [-0.3, -0.25) is 4.79 Å². The fraction of sp³-hybridized carbons (Fsp3) is 0. The van der Waals surface area contributed by atoms with Gasteiger partial charge in [0.15, 0.2) is 0 Å². The average Bonchev–Trinajstić information content (AvgIpc) is 2.52. The number of hydrogen-bond donors (Lipinski definition) is 2. The van der Waals surface area contributed by atoms with E-state index in [0.717, 1.165) is 12.1 Å². The van der Waals surface area contributed by atoms with Gasteiger partial charge in [0.2, 0.25) is 9.84 Å². The van der Waals surface area contributed by atoms with Crippen LogP contribution in [0.2, 0.25) is 0 Å². The molecular formula is C14H9FN2O5S. The Bertz CT molecular complexity index is 1150. The number of rotatable bonds is 2. The molecule has 23 heavy (non-hydrogen) atoms. The molecule has 0 unspecified atom stereocenters. The van der Waals surface area contributed by atoms with Crippen molar-refractivity contribution in [3.8, 4) is 0 Å². The number of nitrogens with one attached hydrogen (secondary N) is 1. The van der Waals surface area contributed by atoms with E-state index in [1.807, 2.05) is 0 Å². The van der Waals surface area contributed by atoms with E-state index in [1.54, 1.807) is 0 Å². The summed E-state index contributed by atoms with van der Waals surface area (Å²) < 4.78 is 38.4. The molecule has 0 spiro atoms. The zero-order valence-corrected chi connectivity index (χ0v) is 12.2. The lowest BCUT2D eigenvalue weighted by molar-refractivity contribution is 0.162. The van der Waals surface area contributed by atoms with Gasteiger partial charge in [-0.05, 0) is 30.3 Å². The van der Waals surface area contributed by atoms with E-state index in [4.69, 9.17) is 0 Å². The van der Waals surface area contributed by atoms with E-state index in [0.29, 0.717) is 0 Å². The van der Waals surface area contributed by atoms with Crippen molar-refractivity contribution in [1.82, 2.24) is 9.71 Å². The van der Waals surface area contributed by atoms with Crippen LogP contribution in [0.4, 0.5) is 4.39 Å². The summed E-state index contributed by atoms with van der Waals surface area (Å²) in [5.74, 6) is -0.738. The monoisotopic (exact) mass is 336 g/mol. The molecular weight excluding hydrogens is 327 g/mol. The SMILES string of the molecule is O=c1[nH]c2c(S(=O)(=O)c3cccc(F)c3)cccc2c(=O)n1O.